The molecular weight excluding hydrogens is 214 g/mol. The van der Waals surface area contributed by atoms with E-state index in [-0.39, 0.29) is 0 Å². The summed E-state index contributed by atoms with van der Waals surface area (Å²) in [6.07, 6.45) is 1.17. The largest absolute Gasteiger partial charge is 0.421 e. The third-order valence-electron chi connectivity index (χ3n) is 3.25. The first-order valence-corrected chi connectivity index (χ1v) is 5.92. The van der Waals surface area contributed by atoms with Gasteiger partial charge in [0.05, 0.1) is 0 Å². The van der Waals surface area contributed by atoms with E-state index in [1.54, 1.807) is 6.92 Å². The molecule has 4 nitrogen and oxygen atoms in total. The van der Waals surface area contributed by atoms with Gasteiger partial charge in [-0.25, -0.2) is 0 Å². The summed E-state index contributed by atoms with van der Waals surface area (Å²) in [7, 11) is 0. The van der Waals surface area contributed by atoms with E-state index >= 15 is 0 Å². The fraction of sp³-hybridized carbons (Fsp3) is 0.385. The van der Waals surface area contributed by atoms with Crippen LogP contribution in [0, 0.1) is 6.92 Å². The lowest BCUT2D eigenvalue weighted by Gasteiger charge is -2.24. The minimum atomic E-state index is 0.579. The van der Waals surface area contributed by atoms with E-state index in [9.17, 15) is 0 Å². The van der Waals surface area contributed by atoms with Crippen molar-refractivity contribution in [2.24, 2.45) is 0 Å². The van der Waals surface area contributed by atoms with Crippen molar-refractivity contribution >= 4 is 5.69 Å². The number of hydrogen-bond donors (Lipinski definition) is 1. The standard InChI is InChI=1S/C13H15N3O/c1-8-5-6-14-12-4-3-10(7-11(8)12)13-16-15-9(2)17-13/h3-4,7-8,14H,5-6H2,1-2H3/t8-/m0/s1. The van der Waals surface area contributed by atoms with Crippen molar-refractivity contribution in [1.82, 2.24) is 10.2 Å². The number of nitrogens with one attached hydrogen (secondary N) is 1. The van der Waals surface area contributed by atoms with Crippen molar-refractivity contribution in [2.75, 3.05) is 11.9 Å². The topological polar surface area (TPSA) is 51.0 Å². The molecule has 2 heterocycles. The zero-order chi connectivity index (χ0) is 11.8. The molecule has 0 spiro atoms. The average Bonchev–Trinajstić information content (AvgIpc) is 2.76. The van der Waals surface area contributed by atoms with E-state index in [0.717, 1.165) is 12.1 Å². The van der Waals surface area contributed by atoms with Gasteiger partial charge in [-0.15, -0.1) is 10.2 Å². The Bertz CT molecular complexity index is 547. The number of anilines is 1. The molecule has 0 bridgehead atoms. The molecule has 3 rings (SSSR count). The highest BCUT2D eigenvalue weighted by Gasteiger charge is 2.17. The van der Waals surface area contributed by atoms with Crippen LogP contribution in [0.1, 0.15) is 30.7 Å². The molecule has 1 aromatic carbocycles. The maximum absolute atomic E-state index is 5.45. The zero-order valence-electron chi connectivity index (χ0n) is 10.0. The Morgan fingerprint density at radius 3 is 3.00 bits per heavy atom. The Morgan fingerprint density at radius 1 is 1.35 bits per heavy atom. The summed E-state index contributed by atoms with van der Waals surface area (Å²) in [5.74, 6) is 1.78. The van der Waals surface area contributed by atoms with Crippen molar-refractivity contribution in [3.8, 4) is 11.5 Å². The van der Waals surface area contributed by atoms with Crippen LogP contribution in [-0.4, -0.2) is 16.7 Å². The molecule has 1 aliphatic heterocycles. The number of fused-ring (bicyclic) bond motifs is 1. The second kappa shape index (κ2) is 3.87. The summed E-state index contributed by atoms with van der Waals surface area (Å²) in [6.45, 7) is 5.11. The van der Waals surface area contributed by atoms with Gasteiger partial charge < -0.3 is 9.73 Å². The van der Waals surface area contributed by atoms with Crippen LogP contribution in [0.15, 0.2) is 22.6 Å². The van der Waals surface area contributed by atoms with Crippen molar-refractivity contribution in [3.05, 3.63) is 29.7 Å². The van der Waals surface area contributed by atoms with E-state index in [2.05, 4.69) is 34.6 Å². The van der Waals surface area contributed by atoms with Gasteiger partial charge in [0, 0.05) is 24.7 Å². The highest BCUT2D eigenvalue weighted by atomic mass is 16.4. The number of aromatic nitrogens is 2. The maximum Gasteiger partial charge on any atom is 0.247 e. The van der Waals surface area contributed by atoms with E-state index in [4.69, 9.17) is 4.42 Å². The smallest absolute Gasteiger partial charge is 0.247 e. The van der Waals surface area contributed by atoms with Crippen LogP contribution in [-0.2, 0) is 0 Å². The number of aryl methyl sites for hydroxylation is 1. The van der Waals surface area contributed by atoms with Crippen LogP contribution >= 0.6 is 0 Å². The van der Waals surface area contributed by atoms with Gasteiger partial charge in [-0.3, -0.25) is 0 Å². The molecule has 2 aromatic rings. The molecule has 1 aliphatic rings. The highest BCUT2D eigenvalue weighted by molar-refractivity contribution is 5.64. The molecule has 0 unspecified atom stereocenters. The molecular formula is C13H15N3O. The van der Waals surface area contributed by atoms with Crippen LogP contribution in [0.2, 0.25) is 0 Å². The Labute approximate surface area is 100 Å². The molecule has 0 saturated carbocycles. The Hall–Kier alpha value is -1.84. The van der Waals surface area contributed by atoms with E-state index in [1.807, 2.05) is 6.07 Å². The normalized spacial score (nSPS) is 18.6. The SMILES string of the molecule is Cc1nnc(-c2ccc3c(c2)[C@@H](C)CCN3)o1. The first-order chi connectivity index (χ1) is 8.24. The van der Waals surface area contributed by atoms with Crippen molar-refractivity contribution in [1.29, 1.82) is 0 Å². The number of benzene rings is 1. The second-order valence-corrected chi connectivity index (χ2v) is 4.54. The molecule has 1 N–H and O–H groups in total. The summed E-state index contributed by atoms with van der Waals surface area (Å²) < 4.78 is 5.45. The molecule has 4 heteroatoms. The monoisotopic (exact) mass is 229 g/mol. The molecule has 0 amide bonds. The van der Waals surface area contributed by atoms with Gasteiger partial charge in [0.2, 0.25) is 11.8 Å². The molecule has 0 radical (unpaired) electrons. The third-order valence-corrected chi connectivity index (χ3v) is 3.25. The van der Waals surface area contributed by atoms with E-state index < -0.39 is 0 Å². The lowest BCUT2D eigenvalue weighted by Crippen LogP contribution is -2.14. The molecule has 88 valence electrons. The van der Waals surface area contributed by atoms with Crippen LogP contribution in [0.25, 0.3) is 11.5 Å². The molecule has 0 aliphatic carbocycles. The predicted octanol–water partition coefficient (Wildman–Crippen LogP) is 2.96. The average molecular weight is 229 g/mol. The molecule has 0 fully saturated rings. The summed E-state index contributed by atoms with van der Waals surface area (Å²) in [6, 6.07) is 6.27. The Morgan fingerprint density at radius 2 is 2.24 bits per heavy atom. The van der Waals surface area contributed by atoms with E-state index in [1.165, 1.54) is 17.7 Å². The maximum atomic E-state index is 5.45. The Balaban J connectivity index is 2.05. The number of rotatable bonds is 1. The summed E-state index contributed by atoms with van der Waals surface area (Å²) >= 11 is 0. The lowest BCUT2D eigenvalue weighted by atomic mass is 9.91. The number of nitrogens with zero attached hydrogens (tertiary/aromatic N) is 2. The minimum Gasteiger partial charge on any atom is -0.421 e. The van der Waals surface area contributed by atoms with Gasteiger partial charge in [0.25, 0.3) is 0 Å². The lowest BCUT2D eigenvalue weighted by molar-refractivity contribution is 0.532. The van der Waals surface area contributed by atoms with Gasteiger partial charge >= 0.3 is 0 Å². The molecule has 17 heavy (non-hydrogen) atoms. The third kappa shape index (κ3) is 1.79. The first-order valence-electron chi connectivity index (χ1n) is 5.92. The van der Waals surface area contributed by atoms with Crippen molar-refractivity contribution < 1.29 is 4.42 Å². The van der Waals surface area contributed by atoms with Gasteiger partial charge in [-0.05, 0) is 36.1 Å². The summed E-state index contributed by atoms with van der Waals surface area (Å²) in [4.78, 5) is 0. The fourth-order valence-electron chi connectivity index (χ4n) is 2.26. The minimum absolute atomic E-state index is 0.579. The number of hydrogen-bond acceptors (Lipinski definition) is 4. The highest BCUT2D eigenvalue weighted by Crippen LogP contribution is 2.34. The van der Waals surface area contributed by atoms with E-state index in [0.29, 0.717) is 17.7 Å². The van der Waals surface area contributed by atoms with Crippen LogP contribution in [0.3, 0.4) is 0 Å². The first kappa shape index (κ1) is 10.3. The molecule has 1 aromatic heterocycles. The van der Waals surface area contributed by atoms with Gasteiger partial charge in [-0.1, -0.05) is 6.92 Å². The van der Waals surface area contributed by atoms with Crippen LogP contribution in [0.5, 0.6) is 0 Å². The second-order valence-electron chi connectivity index (χ2n) is 4.54. The Kier molecular flexibility index (Phi) is 2.35. The van der Waals surface area contributed by atoms with Crippen LogP contribution < -0.4 is 5.32 Å². The van der Waals surface area contributed by atoms with Crippen molar-refractivity contribution in [2.45, 2.75) is 26.2 Å². The summed E-state index contributed by atoms with van der Waals surface area (Å²) in [5.41, 5.74) is 3.56. The fourth-order valence-corrected chi connectivity index (χ4v) is 2.26. The molecule has 1 atom stereocenters. The van der Waals surface area contributed by atoms with Crippen molar-refractivity contribution in [3.63, 3.8) is 0 Å². The van der Waals surface area contributed by atoms with Gasteiger partial charge in [0.15, 0.2) is 0 Å². The van der Waals surface area contributed by atoms with Crippen LogP contribution in [0.4, 0.5) is 5.69 Å². The zero-order valence-corrected chi connectivity index (χ0v) is 10.0. The summed E-state index contributed by atoms with van der Waals surface area (Å²) in [5, 5.41) is 11.3. The predicted molar refractivity (Wildman–Crippen MR) is 66.0 cm³/mol. The molecule has 0 saturated heterocycles. The quantitative estimate of drug-likeness (QED) is 0.816. The van der Waals surface area contributed by atoms with Gasteiger partial charge in [-0.2, -0.15) is 0 Å². The van der Waals surface area contributed by atoms with Gasteiger partial charge in [0.1, 0.15) is 0 Å².